The SMILES string of the molecule is CC(=O)N[C@@H](Cc1cc(F)cc(F)c1)[C@@H](OCc1ccccc1)[C@@H](COC(CI)OCCC(C)(C)C)NC(=O)OC(C)(C)C. The number of halogens is 3. The van der Waals surface area contributed by atoms with E-state index in [1.807, 2.05) is 30.3 Å². The van der Waals surface area contributed by atoms with Crippen molar-refractivity contribution in [1.82, 2.24) is 10.6 Å². The average molecular weight is 733 g/mol. The Bertz CT molecular complexity index is 1150. The molecule has 2 aromatic rings. The number of carbonyl (C=O) groups is 2. The van der Waals surface area contributed by atoms with E-state index in [-0.39, 0.29) is 31.0 Å². The van der Waals surface area contributed by atoms with Gasteiger partial charge in [-0.05, 0) is 62.3 Å². The molecule has 2 amide bonds. The van der Waals surface area contributed by atoms with Gasteiger partial charge in [-0.25, -0.2) is 13.6 Å². The third-order valence-electron chi connectivity index (χ3n) is 6.29. The Kier molecular flexibility index (Phi) is 15.4. The number of amides is 2. The van der Waals surface area contributed by atoms with Crippen molar-refractivity contribution in [2.24, 2.45) is 5.41 Å². The van der Waals surface area contributed by atoms with Crippen molar-refractivity contribution in [2.45, 2.75) is 98.0 Å². The Balaban J connectivity index is 2.45. The largest absolute Gasteiger partial charge is 0.444 e. The van der Waals surface area contributed by atoms with Gasteiger partial charge >= 0.3 is 6.09 Å². The van der Waals surface area contributed by atoms with Crippen LogP contribution in [0.3, 0.4) is 0 Å². The maximum atomic E-state index is 14.2. The second kappa shape index (κ2) is 18.0. The second-order valence-corrected chi connectivity index (χ2v) is 13.8. The number of hydrogen-bond donors (Lipinski definition) is 2. The third kappa shape index (κ3) is 15.6. The molecular formula is C33H47F2IN2O6. The third-order valence-corrected chi connectivity index (χ3v) is 7.01. The first-order chi connectivity index (χ1) is 20.5. The van der Waals surface area contributed by atoms with E-state index in [0.717, 1.165) is 18.1 Å². The first-order valence-corrected chi connectivity index (χ1v) is 16.2. The normalized spacial score (nSPS) is 14.8. The lowest BCUT2D eigenvalue weighted by molar-refractivity contribution is -0.144. The van der Waals surface area contributed by atoms with E-state index in [4.69, 9.17) is 18.9 Å². The van der Waals surface area contributed by atoms with Gasteiger partial charge in [0.15, 0.2) is 6.29 Å². The number of ether oxygens (including phenoxy) is 4. The smallest absolute Gasteiger partial charge is 0.408 e. The number of alkyl carbamates (subject to hydrolysis) is 1. The van der Waals surface area contributed by atoms with Crippen LogP contribution >= 0.6 is 22.6 Å². The van der Waals surface area contributed by atoms with Crippen molar-refractivity contribution >= 4 is 34.6 Å². The molecule has 2 aromatic carbocycles. The van der Waals surface area contributed by atoms with Crippen LogP contribution in [0, 0.1) is 17.0 Å². The molecular weight excluding hydrogens is 685 g/mol. The quantitative estimate of drug-likeness (QED) is 0.113. The number of carbonyl (C=O) groups excluding carboxylic acids is 2. The van der Waals surface area contributed by atoms with Gasteiger partial charge in [-0.1, -0.05) is 73.7 Å². The molecule has 0 spiro atoms. The molecule has 0 aliphatic heterocycles. The number of nitrogens with one attached hydrogen (secondary N) is 2. The van der Waals surface area contributed by atoms with Gasteiger partial charge in [-0.3, -0.25) is 4.79 Å². The molecule has 2 N–H and O–H groups in total. The molecule has 8 nitrogen and oxygen atoms in total. The van der Waals surface area contributed by atoms with Crippen molar-refractivity contribution in [2.75, 3.05) is 17.6 Å². The topological polar surface area (TPSA) is 95.1 Å². The summed E-state index contributed by atoms with van der Waals surface area (Å²) in [6.45, 7) is 13.5. The van der Waals surface area contributed by atoms with Crippen molar-refractivity contribution in [3.8, 4) is 0 Å². The first kappa shape index (κ1) is 37.8. The van der Waals surface area contributed by atoms with Crippen LogP contribution in [0.1, 0.15) is 66.0 Å². The molecule has 4 atom stereocenters. The molecule has 2 rings (SSSR count). The van der Waals surface area contributed by atoms with E-state index in [2.05, 4.69) is 54.0 Å². The number of alkyl halides is 1. The number of rotatable bonds is 16. The lowest BCUT2D eigenvalue weighted by Gasteiger charge is -2.35. The fourth-order valence-electron chi connectivity index (χ4n) is 4.29. The molecule has 0 bridgehead atoms. The molecule has 0 aliphatic rings. The summed E-state index contributed by atoms with van der Waals surface area (Å²) in [4.78, 5) is 25.5. The zero-order valence-corrected chi connectivity index (χ0v) is 28.9. The van der Waals surface area contributed by atoms with E-state index in [0.29, 0.717) is 16.6 Å². The Labute approximate surface area is 274 Å². The summed E-state index contributed by atoms with van der Waals surface area (Å²) < 4.78 is 53.0. The van der Waals surface area contributed by atoms with Gasteiger partial charge in [0.1, 0.15) is 23.3 Å². The molecule has 0 saturated heterocycles. The van der Waals surface area contributed by atoms with Gasteiger partial charge in [-0.2, -0.15) is 0 Å². The summed E-state index contributed by atoms with van der Waals surface area (Å²) in [5.74, 6) is -1.87. The number of benzene rings is 2. The molecule has 44 heavy (non-hydrogen) atoms. The molecule has 11 heteroatoms. The van der Waals surface area contributed by atoms with Gasteiger partial charge < -0.3 is 29.6 Å². The molecule has 0 heterocycles. The van der Waals surface area contributed by atoms with Crippen LogP contribution < -0.4 is 10.6 Å². The van der Waals surface area contributed by atoms with Gasteiger partial charge in [-0.15, -0.1) is 0 Å². The minimum Gasteiger partial charge on any atom is -0.444 e. The van der Waals surface area contributed by atoms with E-state index in [9.17, 15) is 18.4 Å². The Hall–Kier alpha value is -2.35. The lowest BCUT2D eigenvalue weighted by Crippen LogP contribution is -2.58. The predicted molar refractivity (Wildman–Crippen MR) is 174 cm³/mol. The highest BCUT2D eigenvalue weighted by Crippen LogP contribution is 2.21. The van der Waals surface area contributed by atoms with Crippen molar-refractivity contribution in [1.29, 1.82) is 0 Å². The minimum absolute atomic E-state index is 0.0119. The molecule has 0 saturated carbocycles. The molecule has 0 aliphatic carbocycles. The van der Waals surface area contributed by atoms with Crippen molar-refractivity contribution in [3.05, 3.63) is 71.3 Å². The Morgan fingerprint density at radius 2 is 1.50 bits per heavy atom. The molecule has 0 radical (unpaired) electrons. The van der Waals surface area contributed by atoms with Crippen molar-refractivity contribution in [3.63, 3.8) is 0 Å². The van der Waals surface area contributed by atoms with Gasteiger partial charge in [0.05, 0.1) is 36.3 Å². The van der Waals surface area contributed by atoms with Gasteiger partial charge in [0, 0.05) is 13.0 Å². The first-order valence-electron chi connectivity index (χ1n) is 14.7. The molecule has 0 aromatic heterocycles. The van der Waals surface area contributed by atoms with Gasteiger partial charge in [0.2, 0.25) is 5.91 Å². The summed E-state index contributed by atoms with van der Waals surface area (Å²) in [5.41, 5.74) is 0.451. The fourth-order valence-corrected chi connectivity index (χ4v) is 4.80. The Morgan fingerprint density at radius 3 is 2.05 bits per heavy atom. The Morgan fingerprint density at radius 1 is 0.864 bits per heavy atom. The van der Waals surface area contributed by atoms with E-state index < -0.39 is 47.8 Å². The summed E-state index contributed by atoms with van der Waals surface area (Å²) in [5, 5.41) is 5.73. The zero-order valence-electron chi connectivity index (χ0n) is 26.8. The van der Waals surface area contributed by atoms with Crippen LogP contribution in [-0.2, 0) is 36.8 Å². The van der Waals surface area contributed by atoms with E-state index >= 15 is 0 Å². The summed E-state index contributed by atoms with van der Waals surface area (Å²) in [6, 6.07) is 10.9. The molecule has 0 fully saturated rings. The van der Waals surface area contributed by atoms with Crippen LogP contribution in [-0.4, -0.2) is 59.7 Å². The zero-order chi connectivity index (χ0) is 32.9. The minimum atomic E-state index is -0.914. The maximum absolute atomic E-state index is 14.2. The highest BCUT2D eigenvalue weighted by Gasteiger charge is 2.35. The summed E-state index contributed by atoms with van der Waals surface area (Å²) in [7, 11) is 0. The average Bonchev–Trinajstić information content (AvgIpc) is 2.88. The highest BCUT2D eigenvalue weighted by atomic mass is 127. The molecule has 246 valence electrons. The monoisotopic (exact) mass is 732 g/mol. The lowest BCUT2D eigenvalue weighted by atomic mass is 9.93. The maximum Gasteiger partial charge on any atom is 0.408 e. The van der Waals surface area contributed by atoms with E-state index in [1.54, 1.807) is 20.8 Å². The standard InChI is InChI=1S/C33H47F2IN2O6/c1-22(39)37-27(17-24-15-25(34)18-26(35)16-24)30(43-20-23-11-9-8-10-12-23)28(38-31(40)44-33(5,6)7)21-42-29(19-36)41-14-13-32(2,3)4/h8-12,15-16,18,27-30H,13-14,17,19-21H2,1-7H3,(H,37,39)(H,38,40)/t27-,28+,29?,30+/m0/s1. The van der Waals surface area contributed by atoms with Crippen molar-refractivity contribution < 1.29 is 37.3 Å². The predicted octanol–water partition coefficient (Wildman–Crippen LogP) is 6.72. The summed E-state index contributed by atoms with van der Waals surface area (Å²) >= 11 is 2.17. The fraction of sp³-hybridized carbons (Fsp3) is 0.576. The van der Waals surface area contributed by atoms with Crippen LogP contribution in [0.4, 0.5) is 13.6 Å². The van der Waals surface area contributed by atoms with E-state index in [1.165, 1.54) is 19.1 Å². The van der Waals surface area contributed by atoms with Crippen LogP contribution in [0.25, 0.3) is 0 Å². The van der Waals surface area contributed by atoms with Crippen LogP contribution in [0.2, 0.25) is 0 Å². The highest BCUT2D eigenvalue weighted by molar-refractivity contribution is 14.1. The molecule has 1 unspecified atom stereocenters. The van der Waals surface area contributed by atoms with Crippen LogP contribution in [0.5, 0.6) is 0 Å². The summed E-state index contributed by atoms with van der Waals surface area (Å²) in [6.07, 6.45) is -1.37. The van der Waals surface area contributed by atoms with Gasteiger partial charge in [0.25, 0.3) is 0 Å². The number of hydrogen-bond acceptors (Lipinski definition) is 6. The second-order valence-electron chi connectivity index (χ2n) is 12.9. The van der Waals surface area contributed by atoms with Crippen LogP contribution in [0.15, 0.2) is 48.5 Å².